The molecular formula is C14H20Br2S. The fourth-order valence-electron chi connectivity index (χ4n) is 2.56. The molecule has 1 aromatic rings. The molecule has 0 unspecified atom stereocenters. The van der Waals surface area contributed by atoms with Gasteiger partial charge in [0.15, 0.2) is 0 Å². The zero-order valence-electron chi connectivity index (χ0n) is 10.8. The van der Waals surface area contributed by atoms with Gasteiger partial charge in [-0.05, 0) is 61.7 Å². The Morgan fingerprint density at radius 3 is 1.94 bits per heavy atom. The molecule has 1 aromatic carbocycles. The van der Waals surface area contributed by atoms with Gasteiger partial charge in [-0.25, -0.2) is 0 Å². The lowest BCUT2D eigenvalue weighted by Crippen LogP contribution is -2.33. The van der Waals surface area contributed by atoms with Crippen LogP contribution < -0.4 is 0 Å². The SMILES string of the molecule is CC1(C)CCC(C)(C)c2cc(Br)ccc21.SBr. The second-order valence-corrected chi connectivity index (χ2v) is 6.87. The van der Waals surface area contributed by atoms with Crippen molar-refractivity contribution >= 4 is 41.8 Å². The Balaban J connectivity index is 0.000000686. The van der Waals surface area contributed by atoms with Gasteiger partial charge >= 0.3 is 0 Å². The number of hydrogen-bond donors (Lipinski definition) is 1. The summed E-state index contributed by atoms with van der Waals surface area (Å²) >= 11 is 9.55. The molecule has 2 rings (SSSR count). The van der Waals surface area contributed by atoms with Gasteiger partial charge in [-0.1, -0.05) is 49.7 Å². The van der Waals surface area contributed by atoms with Gasteiger partial charge in [0, 0.05) is 4.47 Å². The highest BCUT2D eigenvalue weighted by molar-refractivity contribution is 9.46. The standard InChI is InChI=1S/C14H19Br.BrHS/c1-13(2)7-8-14(3,4)12-9-10(15)5-6-11(12)13;1-2/h5-6,9H,7-8H2,1-4H3;2H. The Bertz CT molecular complexity index is 397. The molecule has 3 heteroatoms. The first kappa shape index (κ1) is 15.6. The first-order chi connectivity index (χ1) is 7.83. The van der Waals surface area contributed by atoms with E-state index in [9.17, 15) is 0 Å². The molecule has 0 N–H and O–H groups in total. The average molecular weight is 380 g/mol. The summed E-state index contributed by atoms with van der Waals surface area (Å²) in [6.07, 6.45) is 2.57. The van der Waals surface area contributed by atoms with Crippen molar-refractivity contribution in [1.29, 1.82) is 0 Å². The topological polar surface area (TPSA) is 0 Å². The molecule has 1 aliphatic carbocycles. The highest BCUT2D eigenvalue weighted by atomic mass is 79.9. The number of fused-ring (bicyclic) bond motifs is 1. The number of thiol groups is 1. The normalized spacial score (nSPS) is 19.9. The molecule has 0 radical (unpaired) electrons. The first-order valence-corrected chi connectivity index (χ1v) is 9.06. The van der Waals surface area contributed by atoms with Crippen molar-refractivity contribution in [1.82, 2.24) is 0 Å². The molecule has 0 saturated heterocycles. The molecule has 0 aromatic heterocycles. The molecule has 0 fully saturated rings. The van der Waals surface area contributed by atoms with Crippen molar-refractivity contribution in [3.63, 3.8) is 0 Å². The van der Waals surface area contributed by atoms with Gasteiger partial charge in [-0.15, -0.1) is 11.1 Å². The Hall–Kier alpha value is 0.530. The molecule has 17 heavy (non-hydrogen) atoms. The van der Waals surface area contributed by atoms with E-state index in [4.69, 9.17) is 0 Å². The third-order valence-corrected chi connectivity index (χ3v) is 4.31. The minimum Gasteiger partial charge on any atom is -0.101 e. The number of benzene rings is 1. The van der Waals surface area contributed by atoms with Gasteiger partial charge in [0.2, 0.25) is 0 Å². The maximum Gasteiger partial charge on any atom is 0.0178 e. The van der Waals surface area contributed by atoms with Crippen molar-refractivity contribution in [2.24, 2.45) is 0 Å². The summed E-state index contributed by atoms with van der Waals surface area (Å²) < 4.78 is 1.20. The van der Waals surface area contributed by atoms with Gasteiger partial charge in [0.25, 0.3) is 0 Å². The van der Waals surface area contributed by atoms with E-state index in [0.29, 0.717) is 10.8 Å². The molecule has 0 nitrogen and oxygen atoms in total. The van der Waals surface area contributed by atoms with E-state index < -0.39 is 0 Å². The molecule has 0 atom stereocenters. The van der Waals surface area contributed by atoms with E-state index in [-0.39, 0.29) is 0 Å². The Kier molecular flexibility index (Phi) is 5.19. The van der Waals surface area contributed by atoms with Crippen LogP contribution in [0.25, 0.3) is 0 Å². The van der Waals surface area contributed by atoms with E-state index in [1.54, 1.807) is 0 Å². The fraction of sp³-hybridized carbons (Fsp3) is 0.571. The monoisotopic (exact) mass is 378 g/mol. The Morgan fingerprint density at radius 1 is 0.941 bits per heavy atom. The van der Waals surface area contributed by atoms with Crippen LogP contribution in [0.4, 0.5) is 0 Å². The highest BCUT2D eigenvalue weighted by Gasteiger charge is 2.36. The first-order valence-electron chi connectivity index (χ1n) is 5.80. The van der Waals surface area contributed by atoms with Crippen LogP contribution in [0.15, 0.2) is 22.7 Å². The maximum absolute atomic E-state index is 3.58. The fourth-order valence-corrected chi connectivity index (χ4v) is 2.92. The minimum atomic E-state index is 0.328. The van der Waals surface area contributed by atoms with Crippen molar-refractivity contribution < 1.29 is 0 Å². The summed E-state index contributed by atoms with van der Waals surface area (Å²) in [7, 11) is 0. The predicted octanol–water partition coefficient (Wildman–Crippen LogP) is 6.02. The Labute approximate surface area is 126 Å². The summed E-state index contributed by atoms with van der Waals surface area (Å²) in [5, 5.41) is 0. The summed E-state index contributed by atoms with van der Waals surface area (Å²) in [5.41, 5.74) is 3.72. The zero-order chi connectivity index (χ0) is 13.3. The number of halogens is 2. The van der Waals surface area contributed by atoms with Crippen LogP contribution in [0.2, 0.25) is 0 Å². The van der Waals surface area contributed by atoms with Crippen molar-refractivity contribution in [2.75, 3.05) is 0 Å². The molecule has 0 aliphatic heterocycles. The predicted molar refractivity (Wildman–Crippen MR) is 87.3 cm³/mol. The summed E-state index contributed by atoms with van der Waals surface area (Å²) in [6.45, 7) is 9.42. The van der Waals surface area contributed by atoms with E-state index in [1.807, 2.05) is 0 Å². The largest absolute Gasteiger partial charge is 0.101 e. The zero-order valence-corrected chi connectivity index (χ0v) is 14.9. The lowest BCUT2D eigenvalue weighted by molar-refractivity contribution is 0.331. The molecule has 0 spiro atoms. The minimum absolute atomic E-state index is 0.328. The van der Waals surface area contributed by atoms with Crippen LogP contribution in [0.3, 0.4) is 0 Å². The second-order valence-electron chi connectivity index (χ2n) is 5.96. The molecule has 96 valence electrons. The van der Waals surface area contributed by atoms with Crippen molar-refractivity contribution in [3.8, 4) is 0 Å². The molecule has 0 saturated carbocycles. The van der Waals surface area contributed by atoms with Gasteiger partial charge < -0.3 is 0 Å². The number of hydrogen-bond acceptors (Lipinski definition) is 1. The molecular weight excluding hydrogens is 360 g/mol. The van der Waals surface area contributed by atoms with E-state index in [2.05, 4.69) is 87.7 Å². The van der Waals surface area contributed by atoms with Gasteiger partial charge in [-0.2, -0.15) is 0 Å². The quantitative estimate of drug-likeness (QED) is 0.523. The van der Waals surface area contributed by atoms with Crippen LogP contribution >= 0.6 is 41.8 Å². The third kappa shape index (κ3) is 3.30. The lowest BCUT2D eigenvalue weighted by Gasteiger charge is -2.41. The molecule has 0 heterocycles. The highest BCUT2D eigenvalue weighted by Crippen LogP contribution is 2.46. The van der Waals surface area contributed by atoms with Crippen LogP contribution in [0.1, 0.15) is 51.7 Å². The third-order valence-electron chi connectivity index (χ3n) is 3.81. The average Bonchev–Trinajstić information content (AvgIpc) is 2.28. The molecule has 1 aliphatic rings. The smallest absolute Gasteiger partial charge is 0.0178 e. The number of rotatable bonds is 0. The van der Waals surface area contributed by atoms with Crippen LogP contribution in [-0.4, -0.2) is 0 Å². The van der Waals surface area contributed by atoms with Crippen molar-refractivity contribution in [3.05, 3.63) is 33.8 Å². The van der Waals surface area contributed by atoms with Crippen molar-refractivity contribution in [2.45, 2.75) is 51.4 Å². The molecule has 0 amide bonds. The van der Waals surface area contributed by atoms with Gasteiger partial charge in [0.1, 0.15) is 0 Å². The van der Waals surface area contributed by atoms with Crippen LogP contribution in [0, 0.1) is 0 Å². The second kappa shape index (κ2) is 5.66. The van der Waals surface area contributed by atoms with Crippen LogP contribution in [0.5, 0.6) is 0 Å². The maximum atomic E-state index is 3.58. The summed E-state index contributed by atoms with van der Waals surface area (Å²) in [5.74, 6) is 0. The van der Waals surface area contributed by atoms with Gasteiger partial charge in [0.05, 0.1) is 0 Å². The lowest BCUT2D eigenvalue weighted by atomic mass is 9.63. The van der Waals surface area contributed by atoms with Gasteiger partial charge in [-0.3, -0.25) is 0 Å². The van der Waals surface area contributed by atoms with E-state index >= 15 is 0 Å². The Morgan fingerprint density at radius 2 is 1.41 bits per heavy atom. The van der Waals surface area contributed by atoms with E-state index in [1.165, 1.54) is 28.4 Å². The summed E-state index contributed by atoms with van der Waals surface area (Å²) in [4.78, 5) is 0. The van der Waals surface area contributed by atoms with E-state index in [0.717, 1.165) is 0 Å². The molecule has 0 bridgehead atoms. The van der Waals surface area contributed by atoms with Crippen LogP contribution in [-0.2, 0) is 10.8 Å². The summed E-state index contributed by atoms with van der Waals surface area (Å²) in [6, 6.07) is 6.76.